The summed E-state index contributed by atoms with van der Waals surface area (Å²) < 4.78 is 0. The zero-order valence-corrected chi connectivity index (χ0v) is 18.6. The highest BCUT2D eigenvalue weighted by Gasteiger charge is 2.31. The Hall–Kier alpha value is -1.84. The molecule has 30 heavy (non-hydrogen) atoms. The Morgan fingerprint density at radius 1 is 0.967 bits per heavy atom. The standard InChI is InChI=1S/C26H34ClNO2/c27-25-15-10-14-23(18-25)22(17-21-11-6-5-7-12-21)13-8-3-1-2-4-9-16-28-19-24(20-28)26(29)30/h5-7,10-12,14-15,18,22,24H,1-4,8-9,13,16-17,19-20H2,(H,29,30)/t22-/m1/s1. The zero-order chi connectivity index (χ0) is 21.2. The molecule has 1 N–H and O–H groups in total. The third kappa shape index (κ3) is 7.45. The van der Waals surface area contributed by atoms with Crippen LogP contribution in [0.5, 0.6) is 0 Å². The molecule has 1 fully saturated rings. The van der Waals surface area contributed by atoms with Gasteiger partial charge in [0.05, 0.1) is 5.92 Å². The van der Waals surface area contributed by atoms with Gasteiger partial charge in [-0.05, 0) is 55.0 Å². The average Bonchev–Trinajstić information content (AvgIpc) is 2.70. The second-order valence-corrected chi connectivity index (χ2v) is 9.08. The van der Waals surface area contributed by atoms with Gasteiger partial charge < -0.3 is 10.0 Å². The lowest BCUT2D eigenvalue weighted by molar-refractivity contribution is -0.147. The molecule has 1 heterocycles. The zero-order valence-electron chi connectivity index (χ0n) is 17.8. The highest BCUT2D eigenvalue weighted by atomic mass is 35.5. The fourth-order valence-electron chi connectivity index (χ4n) is 4.39. The highest BCUT2D eigenvalue weighted by molar-refractivity contribution is 6.30. The Morgan fingerprint density at radius 2 is 1.67 bits per heavy atom. The van der Waals surface area contributed by atoms with Crippen molar-refractivity contribution in [1.82, 2.24) is 4.90 Å². The fraction of sp³-hybridized carbons (Fsp3) is 0.500. The van der Waals surface area contributed by atoms with Crippen LogP contribution in [0.3, 0.4) is 0 Å². The van der Waals surface area contributed by atoms with Crippen molar-refractivity contribution in [3.63, 3.8) is 0 Å². The van der Waals surface area contributed by atoms with Crippen molar-refractivity contribution in [3.05, 3.63) is 70.7 Å². The highest BCUT2D eigenvalue weighted by Crippen LogP contribution is 2.29. The van der Waals surface area contributed by atoms with Gasteiger partial charge in [-0.25, -0.2) is 0 Å². The molecular formula is C26H34ClNO2. The fourth-order valence-corrected chi connectivity index (χ4v) is 4.59. The smallest absolute Gasteiger partial charge is 0.309 e. The molecule has 0 unspecified atom stereocenters. The molecule has 0 aliphatic carbocycles. The number of rotatable bonds is 13. The maximum atomic E-state index is 10.8. The number of halogens is 1. The van der Waals surface area contributed by atoms with Crippen LogP contribution in [-0.2, 0) is 11.2 Å². The summed E-state index contributed by atoms with van der Waals surface area (Å²) >= 11 is 6.25. The van der Waals surface area contributed by atoms with Crippen molar-refractivity contribution in [2.75, 3.05) is 19.6 Å². The topological polar surface area (TPSA) is 40.5 Å². The lowest BCUT2D eigenvalue weighted by atomic mass is 9.87. The average molecular weight is 428 g/mol. The van der Waals surface area contributed by atoms with E-state index in [0.717, 1.165) is 31.1 Å². The van der Waals surface area contributed by atoms with Gasteiger partial charge in [-0.15, -0.1) is 0 Å². The molecule has 0 spiro atoms. The lowest BCUT2D eigenvalue weighted by Gasteiger charge is -2.36. The quantitative estimate of drug-likeness (QED) is 0.375. The van der Waals surface area contributed by atoms with Crippen LogP contribution in [0.15, 0.2) is 54.6 Å². The molecule has 162 valence electrons. The molecule has 3 rings (SSSR count). The predicted octanol–water partition coefficient (Wildman–Crippen LogP) is 6.41. The van der Waals surface area contributed by atoms with Gasteiger partial charge in [-0.1, -0.05) is 86.2 Å². The summed E-state index contributed by atoms with van der Waals surface area (Å²) in [6, 6.07) is 19.1. The van der Waals surface area contributed by atoms with Crippen LogP contribution in [0, 0.1) is 5.92 Å². The predicted molar refractivity (Wildman–Crippen MR) is 124 cm³/mol. The minimum Gasteiger partial charge on any atom is -0.481 e. The van der Waals surface area contributed by atoms with Gasteiger partial charge in [0, 0.05) is 18.1 Å². The van der Waals surface area contributed by atoms with E-state index in [0.29, 0.717) is 5.92 Å². The summed E-state index contributed by atoms with van der Waals surface area (Å²) in [6.45, 7) is 2.53. The van der Waals surface area contributed by atoms with E-state index in [4.69, 9.17) is 16.7 Å². The summed E-state index contributed by atoms with van der Waals surface area (Å²) in [5.74, 6) is -0.261. The molecule has 0 radical (unpaired) electrons. The Bertz CT molecular complexity index is 774. The van der Waals surface area contributed by atoms with E-state index >= 15 is 0 Å². The van der Waals surface area contributed by atoms with Crippen molar-refractivity contribution < 1.29 is 9.90 Å². The third-order valence-electron chi connectivity index (χ3n) is 6.23. The maximum absolute atomic E-state index is 10.8. The van der Waals surface area contributed by atoms with Crippen LogP contribution in [0.4, 0.5) is 0 Å². The molecule has 2 aromatic carbocycles. The van der Waals surface area contributed by atoms with E-state index in [1.54, 1.807) is 0 Å². The molecule has 0 aromatic heterocycles. The summed E-state index contributed by atoms with van der Waals surface area (Å²) in [4.78, 5) is 13.1. The minimum absolute atomic E-state index is 0.131. The van der Waals surface area contributed by atoms with Crippen LogP contribution >= 0.6 is 11.6 Å². The number of unbranched alkanes of at least 4 members (excludes halogenated alkanes) is 5. The second-order valence-electron chi connectivity index (χ2n) is 8.65. The van der Waals surface area contributed by atoms with Crippen LogP contribution in [0.2, 0.25) is 5.02 Å². The Morgan fingerprint density at radius 3 is 2.37 bits per heavy atom. The van der Waals surface area contributed by atoms with Crippen LogP contribution < -0.4 is 0 Å². The van der Waals surface area contributed by atoms with Gasteiger partial charge in [0.25, 0.3) is 0 Å². The molecule has 3 nitrogen and oxygen atoms in total. The number of carboxylic acid groups (broad SMARTS) is 1. The number of hydrogen-bond acceptors (Lipinski definition) is 2. The van der Waals surface area contributed by atoms with Crippen molar-refractivity contribution in [2.24, 2.45) is 5.92 Å². The van der Waals surface area contributed by atoms with E-state index in [1.807, 2.05) is 6.07 Å². The molecule has 2 aromatic rings. The van der Waals surface area contributed by atoms with E-state index in [2.05, 4.69) is 53.4 Å². The van der Waals surface area contributed by atoms with Gasteiger partial charge in [-0.3, -0.25) is 4.79 Å². The van der Waals surface area contributed by atoms with E-state index in [9.17, 15) is 4.79 Å². The van der Waals surface area contributed by atoms with Crippen molar-refractivity contribution in [2.45, 2.75) is 57.3 Å². The van der Waals surface area contributed by atoms with Gasteiger partial charge in [-0.2, -0.15) is 0 Å². The third-order valence-corrected chi connectivity index (χ3v) is 6.46. The van der Waals surface area contributed by atoms with Crippen molar-refractivity contribution in [3.8, 4) is 0 Å². The number of benzene rings is 2. The monoisotopic (exact) mass is 427 g/mol. The minimum atomic E-state index is -0.644. The summed E-state index contributed by atoms with van der Waals surface area (Å²) in [6.07, 6.45) is 9.77. The number of carboxylic acids is 1. The Kier molecular flexibility index (Phi) is 9.23. The number of hydrogen-bond donors (Lipinski definition) is 1. The molecule has 1 saturated heterocycles. The molecule has 0 saturated carbocycles. The number of aliphatic carboxylic acids is 1. The number of nitrogens with zero attached hydrogens (tertiary/aromatic N) is 1. The van der Waals surface area contributed by atoms with Gasteiger partial charge >= 0.3 is 5.97 Å². The first-order chi connectivity index (χ1) is 14.6. The lowest BCUT2D eigenvalue weighted by Crippen LogP contribution is -2.50. The van der Waals surface area contributed by atoms with E-state index < -0.39 is 5.97 Å². The van der Waals surface area contributed by atoms with E-state index in [1.165, 1.54) is 56.1 Å². The van der Waals surface area contributed by atoms with Crippen molar-refractivity contribution >= 4 is 17.6 Å². The SMILES string of the molecule is O=C(O)C1CN(CCCCCCCC[C@H](Cc2ccccc2)c2cccc(Cl)c2)C1. The molecule has 0 bridgehead atoms. The first kappa shape index (κ1) is 22.8. The maximum Gasteiger partial charge on any atom is 0.309 e. The first-order valence-electron chi connectivity index (χ1n) is 11.4. The number of likely N-dealkylation sites (tertiary alicyclic amines) is 1. The normalized spacial score (nSPS) is 15.6. The second kappa shape index (κ2) is 12.1. The number of carbonyl (C=O) groups is 1. The molecule has 1 aliphatic rings. The largest absolute Gasteiger partial charge is 0.481 e. The van der Waals surface area contributed by atoms with Gasteiger partial charge in [0.2, 0.25) is 0 Å². The molecule has 4 heteroatoms. The molecule has 0 amide bonds. The molecule has 1 aliphatic heterocycles. The summed E-state index contributed by atoms with van der Waals surface area (Å²) in [7, 11) is 0. The first-order valence-corrected chi connectivity index (χ1v) is 11.7. The van der Waals surface area contributed by atoms with Gasteiger partial charge in [0.1, 0.15) is 0 Å². The Labute approximate surface area is 186 Å². The van der Waals surface area contributed by atoms with E-state index in [-0.39, 0.29) is 5.92 Å². The summed E-state index contributed by atoms with van der Waals surface area (Å²) in [5, 5.41) is 9.74. The van der Waals surface area contributed by atoms with Crippen LogP contribution in [-0.4, -0.2) is 35.6 Å². The van der Waals surface area contributed by atoms with Crippen LogP contribution in [0.1, 0.15) is 62.0 Å². The Balaban J connectivity index is 1.33. The van der Waals surface area contributed by atoms with Gasteiger partial charge in [0.15, 0.2) is 0 Å². The molecular weight excluding hydrogens is 394 g/mol. The van der Waals surface area contributed by atoms with Crippen molar-refractivity contribution in [1.29, 1.82) is 0 Å². The van der Waals surface area contributed by atoms with Crippen LogP contribution in [0.25, 0.3) is 0 Å². The molecule has 1 atom stereocenters. The summed E-state index contributed by atoms with van der Waals surface area (Å²) in [5.41, 5.74) is 2.74.